The van der Waals surface area contributed by atoms with Crippen molar-refractivity contribution < 1.29 is 17.9 Å². The number of likely N-dealkylation sites (tertiary alicyclic amines) is 1. The van der Waals surface area contributed by atoms with Crippen molar-refractivity contribution in [3.8, 4) is 17.0 Å². The van der Waals surface area contributed by atoms with E-state index < -0.39 is 18.1 Å². The standard InChI is InChI=1S/C22H25F3N8O/c1-13(23)11-33-17-10-14(4-5-16(17)28-30-33)15-6-9-32-19(15)20(34-3)27-21(29-32)26-18-7-8-31(2)12-22(18,24)25/h4-6,9-10,13,18H,7-8,11-12H2,1-3H3,(H,26,29)/t13-,18-/m1/s1. The van der Waals surface area contributed by atoms with Crippen molar-refractivity contribution in [3.63, 3.8) is 0 Å². The number of ether oxygens (including phenoxy) is 1. The van der Waals surface area contributed by atoms with Gasteiger partial charge >= 0.3 is 0 Å². The van der Waals surface area contributed by atoms with Gasteiger partial charge in [0, 0.05) is 18.3 Å². The van der Waals surface area contributed by atoms with E-state index in [-0.39, 0.29) is 31.3 Å². The Balaban J connectivity index is 1.52. The van der Waals surface area contributed by atoms with Gasteiger partial charge in [0.15, 0.2) is 0 Å². The normalized spacial score (nSPS) is 19.5. The van der Waals surface area contributed by atoms with Gasteiger partial charge in [-0.3, -0.25) is 0 Å². The van der Waals surface area contributed by atoms with Crippen LogP contribution in [0.4, 0.5) is 19.1 Å². The molecular weight excluding hydrogens is 449 g/mol. The lowest BCUT2D eigenvalue weighted by molar-refractivity contribution is -0.0675. The summed E-state index contributed by atoms with van der Waals surface area (Å²) in [6, 6.07) is 6.33. The Morgan fingerprint density at radius 2 is 2.12 bits per heavy atom. The van der Waals surface area contributed by atoms with Gasteiger partial charge in [0.25, 0.3) is 5.92 Å². The monoisotopic (exact) mass is 474 g/mol. The quantitative estimate of drug-likeness (QED) is 0.459. The van der Waals surface area contributed by atoms with Crippen LogP contribution in [0.3, 0.4) is 0 Å². The van der Waals surface area contributed by atoms with Crippen molar-refractivity contribution in [2.24, 2.45) is 0 Å². The van der Waals surface area contributed by atoms with Crippen LogP contribution in [0.15, 0.2) is 30.5 Å². The summed E-state index contributed by atoms with van der Waals surface area (Å²) >= 11 is 0. The lowest BCUT2D eigenvalue weighted by Crippen LogP contribution is -2.53. The third-order valence-corrected chi connectivity index (χ3v) is 6.02. The zero-order valence-corrected chi connectivity index (χ0v) is 19.0. The van der Waals surface area contributed by atoms with Crippen molar-refractivity contribution in [1.29, 1.82) is 0 Å². The van der Waals surface area contributed by atoms with E-state index in [9.17, 15) is 13.2 Å². The molecule has 4 aromatic rings. The molecule has 0 aliphatic carbocycles. The zero-order valence-electron chi connectivity index (χ0n) is 19.0. The summed E-state index contributed by atoms with van der Waals surface area (Å²) < 4.78 is 51.2. The van der Waals surface area contributed by atoms with Crippen LogP contribution in [0.5, 0.6) is 5.88 Å². The summed E-state index contributed by atoms with van der Waals surface area (Å²) in [5.41, 5.74) is 3.52. The average Bonchev–Trinajstić information content (AvgIpc) is 3.38. The first-order valence-corrected chi connectivity index (χ1v) is 11.0. The Kier molecular flexibility index (Phi) is 5.54. The number of nitrogens with one attached hydrogen (secondary N) is 1. The van der Waals surface area contributed by atoms with E-state index in [2.05, 4.69) is 25.7 Å². The molecule has 180 valence electrons. The molecule has 0 unspecified atom stereocenters. The van der Waals surface area contributed by atoms with Gasteiger partial charge in [0.2, 0.25) is 11.8 Å². The predicted molar refractivity (Wildman–Crippen MR) is 121 cm³/mol. The van der Waals surface area contributed by atoms with Crippen LogP contribution in [0.25, 0.3) is 27.7 Å². The van der Waals surface area contributed by atoms with E-state index in [1.165, 1.54) is 18.7 Å². The topological polar surface area (TPSA) is 85.4 Å². The van der Waals surface area contributed by atoms with Crippen LogP contribution < -0.4 is 10.1 Å². The molecule has 5 rings (SSSR count). The highest BCUT2D eigenvalue weighted by atomic mass is 19.3. The molecule has 1 saturated heterocycles. The number of anilines is 1. The van der Waals surface area contributed by atoms with E-state index >= 15 is 0 Å². The van der Waals surface area contributed by atoms with Gasteiger partial charge in [-0.1, -0.05) is 11.3 Å². The molecule has 9 nitrogen and oxygen atoms in total. The molecule has 4 heterocycles. The molecule has 12 heteroatoms. The molecule has 0 amide bonds. The van der Waals surface area contributed by atoms with E-state index in [4.69, 9.17) is 4.74 Å². The van der Waals surface area contributed by atoms with Crippen LogP contribution in [-0.2, 0) is 6.54 Å². The molecule has 0 radical (unpaired) electrons. The molecule has 2 atom stereocenters. The lowest BCUT2D eigenvalue weighted by Gasteiger charge is -2.36. The maximum absolute atomic E-state index is 14.5. The first-order chi connectivity index (χ1) is 16.2. The highest BCUT2D eigenvalue weighted by Crippen LogP contribution is 2.34. The number of alkyl halides is 3. The fourth-order valence-electron chi connectivity index (χ4n) is 4.38. The summed E-state index contributed by atoms with van der Waals surface area (Å²) in [7, 11) is 3.15. The Morgan fingerprint density at radius 3 is 2.85 bits per heavy atom. The van der Waals surface area contributed by atoms with Crippen molar-refractivity contribution in [2.75, 3.05) is 32.6 Å². The Hall–Kier alpha value is -3.41. The number of hydrogen-bond donors (Lipinski definition) is 1. The van der Waals surface area contributed by atoms with E-state index in [0.29, 0.717) is 23.1 Å². The number of piperidine rings is 1. The van der Waals surface area contributed by atoms with E-state index in [1.807, 2.05) is 24.3 Å². The van der Waals surface area contributed by atoms with Gasteiger partial charge in [-0.15, -0.1) is 10.2 Å². The molecule has 1 N–H and O–H groups in total. The first kappa shape index (κ1) is 22.4. The van der Waals surface area contributed by atoms with Gasteiger partial charge in [0.1, 0.15) is 17.2 Å². The Morgan fingerprint density at radius 1 is 1.29 bits per heavy atom. The minimum atomic E-state index is -2.91. The van der Waals surface area contributed by atoms with Gasteiger partial charge in [-0.05, 0) is 44.2 Å². The zero-order chi connectivity index (χ0) is 24.0. The van der Waals surface area contributed by atoms with E-state index in [1.54, 1.807) is 22.7 Å². The van der Waals surface area contributed by atoms with Crippen molar-refractivity contribution in [1.82, 2.24) is 34.5 Å². The molecule has 3 aromatic heterocycles. The molecule has 1 aliphatic heterocycles. The number of methoxy groups -OCH3 is 1. The lowest BCUT2D eigenvalue weighted by atomic mass is 10.0. The minimum absolute atomic E-state index is 0.0652. The highest BCUT2D eigenvalue weighted by Gasteiger charge is 2.44. The first-order valence-electron chi connectivity index (χ1n) is 11.0. The van der Waals surface area contributed by atoms with Crippen molar-refractivity contribution >= 4 is 22.5 Å². The summed E-state index contributed by atoms with van der Waals surface area (Å²) in [6.07, 6.45) is 0.916. The molecule has 0 bridgehead atoms. The number of nitrogens with zero attached hydrogens (tertiary/aromatic N) is 7. The molecule has 0 saturated carbocycles. The highest BCUT2D eigenvalue weighted by molar-refractivity contribution is 5.89. The van der Waals surface area contributed by atoms with Gasteiger partial charge < -0.3 is 15.0 Å². The van der Waals surface area contributed by atoms with Crippen LogP contribution in [0.2, 0.25) is 0 Å². The maximum Gasteiger partial charge on any atom is 0.280 e. The van der Waals surface area contributed by atoms with Crippen LogP contribution in [-0.4, -0.2) is 79.9 Å². The molecule has 34 heavy (non-hydrogen) atoms. The smallest absolute Gasteiger partial charge is 0.280 e. The fourth-order valence-corrected chi connectivity index (χ4v) is 4.38. The number of hydrogen-bond acceptors (Lipinski definition) is 7. The third-order valence-electron chi connectivity index (χ3n) is 6.02. The second-order valence-corrected chi connectivity index (χ2v) is 8.71. The number of halogens is 3. The second-order valence-electron chi connectivity index (χ2n) is 8.71. The van der Waals surface area contributed by atoms with Gasteiger partial charge in [-0.2, -0.15) is 4.98 Å². The van der Waals surface area contributed by atoms with Crippen LogP contribution >= 0.6 is 0 Å². The minimum Gasteiger partial charge on any atom is -0.479 e. The number of benzene rings is 1. The SMILES string of the molecule is COc1nc(N[C@@H]2CCN(C)CC2(F)F)nn2ccc(-c3ccc4nnn(C[C@@H](C)F)c4c3)c12. The predicted octanol–water partition coefficient (Wildman–Crippen LogP) is 3.26. The molecule has 0 spiro atoms. The van der Waals surface area contributed by atoms with Crippen molar-refractivity contribution in [2.45, 2.75) is 38.0 Å². The van der Waals surface area contributed by atoms with Gasteiger partial charge in [0.05, 0.1) is 31.8 Å². The molecule has 1 aromatic carbocycles. The fraction of sp³-hybridized carbons (Fsp3) is 0.455. The molecular formula is C22H25F3N8O. The summed E-state index contributed by atoms with van der Waals surface area (Å²) in [4.78, 5) is 5.98. The molecule has 1 fully saturated rings. The summed E-state index contributed by atoms with van der Waals surface area (Å²) in [5.74, 6) is -2.60. The summed E-state index contributed by atoms with van der Waals surface area (Å²) in [6.45, 7) is 1.79. The van der Waals surface area contributed by atoms with Crippen molar-refractivity contribution in [3.05, 3.63) is 30.5 Å². The number of aromatic nitrogens is 6. The largest absolute Gasteiger partial charge is 0.479 e. The van der Waals surface area contributed by atoms with Crippen LogP contribution in [0, 0.1) is 0 Å². The summed E-state index contributed by atoms with van der Waals surface area (Å²) in [5, 5.41) is 15.3. The second kappa shape index (κ2) is 8.42. The van der Waals surface area contributed by atoms with Gasteiger partial charge in [-0.25, -0.2) is 22.4 Å². The average molecular weight is 474 g/mol. The maximum atomic E-state index is 14.5. The van der Waals surface area contributed by atoms with E-state index in [0.717, 1.165) is 11.1 Å². The number of fused-ring (bicyclic) bond motifs is 2. The van der Waals surface area contributed by atoms with Crippen LogP contribution in [0.1, 0.15) is 13.3 Å². The Bertz CT molecular complexity index is 1330. The number of rotatable bonds is 6. The third kappa shape index (κ3) is 4.02. The Labute approximate surface area is 193 Å². The molecule has 1 aliphatic rings.